The number of nitrogens with zero attached hydrogens (tertiary/aromatic N) is 2. The van der Waals surface area contributed by atoms with Crippen molar-refractivity contribution >= 4 is 25.2 Å². The molecule has 0 unspecified atom stereocenters. The maximum atomic E-state index is 11.7. The molecule has 1 aromatic carbocycles. The molecule has 1 aliphatic rings. The highest BCUT2D eigenvalue weighted by Crippen LogP contribution is 2.31. The third kappa shape index (κ3) is 4.07. The van der Waals surface area contributed by atoms with Gasteiger partial charge in [-0.05, 0) is 30.2 Å². The Kier molecular flexibility index (Phi) is 6.31. The van der Waals surface area contributed by atoms with Crippen LogP contribution in [0.15, 0.2) is 42.7 Å². The quantitative estimate of drug-likeness (QED) is 0.785. The van der Waals surface area contributed by atoms with Gasteiger partial charge >= 0.3 is 5.97 Å². The Bertz CT molecular complexity index is 722. The summed E-state index contributed by atoms with van der Waals surface area (Å²) >= 11 is 0. The van der Waals surface area contributed by atoms with Gasteiger partial charge in [-0.3, -0.25) is 4.98 Å². The highest BCUT2D eigenvalue weighted by atomic mass is 32.1. The number of esters is 1. The number of pyridine rings is 1. The fraction of sp³-hybridized carbons (Fsp3) is 0.368. The van der Waals surface area contributed by atoms with Crippen LogP contribution in [0.1, 0.15) is 29.8 Å². The third-order valence-electron chi connectivity index (χ3n) is 4.40. The van der Waals surface area contributed by atoms with E-state index in [1.807, 2.05) is 18.2 Å². The number of rotatable bonds is 3. The monoisotopic (exact) mass is 360 g/mol. The molecule has 1 atom stereocenters. The maximum absolute atomic E-state index is 11.7. The summed E-state index contributed by atoms with van der Waals surface area (Å²) in [6.07, 6.45) is 3.61. The minimum Gasteiger partial charge on any atom is -0.491 e. The Morgan fingerprint density at radius 1 is 1.28 bits per heavy atom. The average molecular weight is 360 g/mol. The summed E-state index contributed by atoms with van der Waals surface area (Å²) in [6, 6.07) is 9.77. The molecule has 1 aliphatic heterocycles. The third-order valence-corrected chi connectivity index (χ3v) is 4.40. The number of benzene rings is 1. The van der Waals surface area contributed by atoms with E-state index >= 15 is 0 Å². The summed E-state index contributed by atoms with van der Waals surface area (Å²) in [6.45, 7) is 5.68. The summed E-state index contributed by atoms with van der Waals surface area (Å²) in [5.74, 6) is 0.824. The fourth-order valence-electron chi connectivity index (χ4n) is 3.00. The molecular weight excluding hydrogens is 336 g/mol. The van der Waals surface area contributed by atoms with E-state index in [9.17, 15) is 4.79 Å². The lowest BCUT2D eigenvalue weighted by molar-refractivity contribution is 0.0600. The predicted molar refractivity (Wildman–Crippen MR) is 103 cm³/mol. The molecule has 0 fully saturated rings. The number of fused-ring (bicyclic) bond motifs is 1. The Morgan fingerprint density at radius 2 is 2.00 bits per heavy atom. The smallest absolute Gasteiger partial charge is 0.337 e. The van der Waals surface area contributed by atoms with E-state index in [-0.39, 0.29) is 25.5 Å². The van der Waals surface area contributed by atoms with Crippen LogP contribution in [0.2, 0.25) is 0 Å². The van der Waals surface area contributed by atoms with E-state index in [0.29, 0.717) is 18.1 Å². The first-order chi connectivity index (χ1) is 11.6. The second-order valence-electron chi connectivity index (χ2n) is 6.27. The highest BCUT2D eigenvalue weighted by molar-refractivity contribution is 7.59. The topological polar surface area (TPSA) is 51.7 Å². The van der Waals surface area contributed by atoms with Gasteiger partial charge in [0.25, 0.3) is 0 Å². The van der Waals surface area contributed by atoms with Crippen molar-refractivity contribution in [2.24, 2.45) is 5.92 Å². The molecule has 1 aromatic heterocycles. The number of aromatic nitrogens is 1. The van der Waals surface area contributed by atoms with Gasteiger partial charge in [-0.2, -0.15) is 13.5 Å². The van der Waals surface area contributed by atoms with Gasteiger partial charge in [0.05, 0.1) is 18.7 Å². The molecular formula is C19H24N2O3S. The van der Waals surface area contributed by atoms with Crippen molar-refractivity contribution in [2.45, 2.75) is 26.4 Å². The van der Waals surface area contributed by atoms with Crippen LogP contribution >= 0.6 is 13.5 Å². The Labute approximate surface area is 155 Å². The molecule has 0 saturated carbocycles. The molecule has 0 N–H and O–H groups in total. The molecule has 3 rings (SSSR count). The number of carbonyl (C=O) groups is 1. The van der Waals surface area contributed by atoms with Gasteiger partial charge in [0, 0.05) is 30.2 Å². The number of methoxy groups -OCH3 is 1. The second kappa shape index (κ2) is 8.25. The first-order valence-electron chi connectivity index (χ1n) is 8.11. The van der Waals surface area contributed by atoms with Gasteiger partial charge in [-0.1, -0.05) is 19.9 Å². The maximum Gasteiger partial charge on any atom is 0.337 e. The molecule has 25 heavy (non-hydrogen) atoms. The van der Waals surface area contributed by atoms with Crippen LogP contribution in [-0.4, -0.2) is 30.7 Å². The van der Waals surface area contributed by atoms with E-state index in [1.165, 1.54) is 7.11 Å². The summed E-state index contributed by atoms with van der Waals surface area (Å²) < 4.78 is 10.8. The molecule has 0 bridgehead atoms. The summed E-state index contributed by atoms with van der Waals surface area (Å²) in [4.78, 5) is 18.2. The number of anilines is 1. The largest absolute Gasteiger partial charge is 0.491 e. The Hall–Kier alpha value is -2.21. The van der Waals surface area contributed by atoms with Crippen LogP contribution in [0.5, 0.6) is 5.75 Å². The van der Waals surface area contributed by atoms with Crippen molar-refractivity contribution in [1.82, 2.24) is 4.98 Å². The van der Waals surface area contributed by atoms with E-state index in [2.05, 4.69) is 23.7 Å². The molecule has 0 amide bonds. The van der Waals surface area contributed by atoms with Gasteiger partial charge in [0.15, 0.2) is 0 Å². The first-order valence-corrected chi connectivity index (χ1v) is 8.11. The van der Waals surface area contributed by atoms with Crippen LogP contribution < -0.4 is 9.64 Å². The molecule has 0 spiro atoms. The molecule has 134 valence electrons. The second-order valence-corrected chi connectivity index (χ2v) is 6.27. The fourth-order valence-corrected chi connectivity index (χ4v) is 3.00. The van der Waals surface area contributed by atoms with Crippen LogP contribution in [-0.2, 0) is 11.3 Å². The number of hydrogen-bond acceptors (Lipinski definition) is 5. The Morgan fingerprint density at radius 3 is 2.64 bits per heavy atom. The van der Waals surface area contributed by atoms with Crippen molar-refractivity contribution in [1.29, 1.82) is 0 Å². The van der Waals surface area contributed by atoms with E-state index in [0.717, 1.165) is 23.5 Å². The molecule has 0 aliphatic carbocycles. The van der Waals surface area contributed by atoms with Gasteiger partial charge in [0.1, 0.15) is 12.4 Å². The molecule has 6 heteroatoms. The van der Waals surface area contributed by atoms with E-state index in [1.54, 1.807) is 24.5 Å². The SMILES string of the molecule is COC(=O)c1ccc2c(c1)OC[C@H](C(C)C)N(c1ccncc1)C2.S. The average Bonchev–Trinajstić information content (AvgIpc) is 2.80. The van der Waals surface area contributed by atoms with Crippen molar-refractivity contribution < 1.29 is 14.3 Å². The molecule has 5 nitrogen and oxygen atoms in total. The van der Waals surface area contributed by atoms with Gasteiger partial charge in [-0.15, -0.1) is 0 Å². The van der Waals surface area contributed by atoms with Crippen molar-refractivity contribution in [3.63, 3.8) is 0 Å². The van der Waals surface area contributed by atoms with E-state index < -0.39 is 0 Å². The molecule has 2 heterocycles. The van der Waals surface area contributed by atoms with Crippen molar-refractivity contribution in [3.05, 3.63) is 53.9 Å². The summed E-state index contributed by atoms with van der Waals surface area (Å²) in [5, 5.41) is 0. The predicted octanol–water partition coefficient (Wildman–Crippen LogP) is 3.40. The van der Waals surface area contributed by atoms with Crippen molar-refractivity contribution in [3.8, 4) is 5.75 Å². The zero-order chi connectivity index (χ0) is 17.1. The van der Waals surface area contributed by atoms with Crippen LogP contribution in [0.4, 0.5) is 5.69 Å². The zero-order valence-corrected chi connectivity index (χ0v) is 15.7. The van der Waals surface area contributed by atoms with E-state index in [4.69, 9.17) is 9.47 Å². The number of hydrogen-bond donors (Lipinski definition) is 0. The molecule has 0 radical (unpaired) electrons. The highest BCUT2D eigenvalue weighted by Gasteiger charge is 2.28. The van der Waals surface area contributed by atoms with Gasteiger partial charge < -0.3 is 14.4 Å². The van der Waals surface area contributed by atoms with Gasteiger partial charge in [0.2, 0.25) is 0 Å². The molecule has 0 saturated heterocycles. The number of carbonyl (C=O) groups excluding carboxylic acids is 1. The van der Waals surface area contributed by atoms with Crippen LogP contribution in [0.3, 0.4) is 0 Å². The van der Waals surface area contributed by atoms with Crippen LogP contribution in [0, 0.1) is 5.92 Å². The number of ether oxygens (including phenoxy) is 2. The lowest BCUT2D eigenvalue weighted by Gasteiger charge is -2.33. The minimum atomic E-state index is -0.350. The minimum absolute atomic E-state index is 0. The zero-order valence-electron chi connectivity index (χ0n) is 14.7. The summed E-state index contributed by atoms with van der Waals surface area (Å²) in [5.41, 5.74) is 2.69. The van der Waals surface area contributed by atoms with Crippen LogP contribution in [0.25, 0.3) is 0 Å². The lowest BCUT2D eigenvalue weighted by Crippen LogP contribution is -2.41. The Balaban J connectivity index is 0.00000225. The summed E-state index contributed by atoms with van der Waals surface area (Å²) in [7, 11) is 1.38. The van der Waals surface area contributed by atoms with Gasteiger partial charge in [-0.25, -0.2) is 4.79 Å². The molecule has 2 aromatic rings. The first kappa shape index (κ1) is 19.1. The lowest BCUT2D eigenvalue weighted by atomic mass is 10.0. The van der Waals surface area contributed by atoms with Crippen molar-refractivity contribution in [2.75, 3.05) is 18.6 Å². The standard InChI is InChI=1S/C19H22N2O3.H2S/c1-13(2)17-12-24-18-10-14(19(22)23-3)4-5-15(18)11-21(17)16-6-8-20-9-7-16;/h4-10,13,17H,11-12H2,1-3H3;1H2/t17-;/m1./s1. The normalized spacial score (nSPS) is 16.3.